The quantitative estimate of drug-likeness (QED) is 0.459. The van der Waals surface area contributed by atoms with E-state index < -0.39 is 0 Å². The Morgan fingerprint density at radius 3 is 2.57 bits per heavy atom. The first-order valence-corrected chi connectivity index (χ1v) is 12.3. The van der Waals surface area contributed by atoms with Gasteiger partial charge in [0, 0.05) is 56.5 Å². The van der Waals surface area contributed by atoms with E-state index in [1.54, 1.807) is 0 Å². The Labute approximate surface area is 210 Å². The Balaban J connectivity index is 1.64. The Kier molecular flexibility index (Phi) is 8.06. The number of ether oxygens (including phenoxy) is 1. The maximum Gasteiger partial charge on any atom is 0.247 e. The molecule has 0 radical (unpaired) electrons. The van der Waals surface area contributed by atoms with Crippen LogP contribution in [0.2, 0.25) is 0 Å². The largest absolute Gasteiger partial charge is 0.437 e. The van der Waals surface area contributed by atoms with E-state index in [1.165, 1.54) is 11.8 Å². The summed E-state index contributed by atoms with van der Waals surface area (Å²) in [6.07, 6.45) is 1.84. The molecule has 4 rings (SSSR count). The summed E-state index contributed by atoms with van der Waals surface area (Å²) in [4.78, 5) is 28.7. The van der Waals surface area contributed by atoms with Gasteiger partial charge in [-0.05, 0) is 49.1 Å². The fraction of sp³-hybridized carbons (Fsp3) is 0.320. The SMILES string of the molecule is CN1CCN(c2cnc(Sc3cc(NC(=O)CN)cc(N(C)C)c3)nc2Oc2ccccc2)CC1. The zero-order valence-electron chi connectivity index (χ0n) is 20.3. The summed E-state index contributed by atoms with van der Waals surface area (Å²) in [6.45, 7) is 3.62. The van der Waals surface area contributed by atoms with Gasteiger partial charge in [-0.1, -0.05) is 18.2 Å². The number of nitrogens with two attached hydrogens (primary N) is 1. The summed E-state index contributed by atoms with van der Waals surface area (Å²) in [5.74, 6) is 1.00. The van der Waals surface area contributed by atoms with Crippen LogP contribution >= 0.6 is 11.8 Å². The number of nitrogens with zero attached hydrogens (tertiary/aromatic N) is 5. The average Bonchev–Trinajstić information content (AvgIpc) is 2.85. The molecule has 2 heterocycles. The van der Waals surface area contributed by atoms with Gasteiger partial charge in [0.2, 0.25) is 11.8 Å². The van der Waals surface area contributed by atoms with Gasteiger partial charge >= 0.3 is 0 Å². The second kappa shape index (κ2) is 11.4. The maximum absolute atomic E-state index is 11.9. The van der Waals surface area contributed by atoms with E-state index in [0.717, 1.165) is 48.2 Å². The molecule has 1 saturated heterocycles. The number of carbonyl (C=O) groups excluding carboxylic acids is 1. The molecule has 1 fully saturated rings. The number of nitrogens with one attached hydrogen (secondary N) is 1. The molecular weight excluding hydrogens is 462 g/mol. The molecule has 3 aromatic rings. The van der Waals surface area contributed by atoms with Gasteiger partial charge in [-0.25, -0.2) is 4.98 Å². The molecule has 0 saturated carbocycles. The van der Waals surface area contributed by atoms with E-state index in [-0.39, 0.29) is 12.5 Å². The molecule has 2 aromatic carbocycles. The number of rotatable bonds is 8. The van der Waals surface area contributed by atoms with Crippen molar-refractivity contribution in [3.63, 3.8) is 0 Å². The van der Waals surface area contributed by atoms with Crippen LogP contribution in [0.4, 0.5) is 17.1 Å². The highest BCUT2D eigenvalue weighted by Crippen LogP contribution is 2.36. The molecule has 184 valence electrons. The number of anilines is 3. The lowest BCUT2D eigenvalue weighted by atomic mass is 10.2. The highest BCUT2D eigenvalue weighted by atomic mass is 32.2. The van der Waals surface area contributed by atoms with E-state index in [2.05, 4.69) is 27.1 Å². The second-order valence-corrected chi connectivity index (χ2v) is 9.55. The lowest BCUT2D eigenvalue weighted by Gasteiger charge is -2.34. The molecule has 1 aromatic heterocycles. The normalized spacial score (nSPS) is 14.0. The Morgan fingerprint density at radius 1 is 1.14 bits per heavy atom. The highest BCUT2D eigenvalue weighted by molar-refractivity contribution is 7.99. The number of hydrogen-bond acceptors (Lipinski definition) is 9. The van der Waals surface area contributed by atoms with E-state index in [9.17, 15) is 4.79 Å². The molecule has 9 nitrogen and oxygen atoms in total. The smallest absolute Gasteiger partial charge is 0.247 e. The Hall–Kier alpha value is -3.34. The topological polar surface area (TPSA) is 99.8 Å². The number of benzene rings is 2. The summed E-state index contributed by atoms with van der Waals surface area (Å²) < 4.78 is 6.22. The first-order chi connectivity index (χ1) is 16.9. The van der Waals surface area contributed by atoms with Crippen LogP contribution in [-0.2, 0) is 4.79 Å². The third-order valence-corrected chi connectivity index (χ3v) is 6.45. The van der Waals surface area contributed by atoms with Gasteiger partial charge in [0.15, 0.2) is 5.16 Å². The van der Waals surface area contributed by atoms with Gasteiger partial charge in [0.25, 0.3) is 0 Å². The number of likely N-dealkylation sites (N-methyl/N-ethyl adjacent to an activating group) is 1. The summed E-state index contributed by atoms with van der Waals surface area (Å²) in [6, 6.07) is 15.5. The van der Waals surface area contributed by atoms with Crippen LogP contribution in [0.5, 0.6) is 11.6 Å². The summed E-state index contributed by atoms with van der Waals surface area (Å²) >= 11 is 1.41. The molecule has 1 amide bonds. The summed E-state index contributed by atoms with van der Waals surface area (Å²) in [7, 11) is 6.03. The number of amides is 1. The number of piperazine rings is 1. The molecule has 0 bridgehead atoms. The molecule has 10 heteroatoms. The van der Waals surface area contributed by atoms with E-state index >= 15 is 0 Å². The monoisotopic (exact) mass is 493 g/mol. The molecule has 3 N–H and O–H groups in total. The van der Waals surface area contributed by atoms with Crippen molar-refractivity contribution in [2.45, 2.75) is 10.1 Å². The molecule has 0 atom stereocenters. The molecule has 0 spiro atoms. The predicted molar refractivity (Wildman–Crippen MR) is 141 cm³/mol. The molecule has 1 aliphatic rings. The molecule has 0 unspecified atom stereocenters. The molecule has 1 aliphatic heterocycles. The lowest BCUT2D eigenvalue weighted by Crippen LogP contribution is -2.44. The van der Waals surface area contributed by atoms with Crippen LogP contribution in [0.25, 0.3) is 0 Å². The minimum atomic E-state index is -0.247. The number of para-hydroxylation sites is 1. The lowest BCUT2D eigenvalue weighted by molar-refractivity contribution is -0.114. The van der Waals surface area contributed by atoms with Crippen LogP contribution < -0.4 is 25.6 Å². The first kappa shape index (κ1) is 24.8. The van der Waals surface area contributed by atoms with Crippen molar-refractivity contribution in [1.29, 1.82) is 0 Å². The van der Waals surface area contributed by atoms with Gasteiger partial charge in [-0.3, -0.25) is 4.79 Å². The van der Waals surface area contributed by atoms with Gasteiger partial charge in [0.1, 0.15) is 11.4 Å². The minimum Gasteiger partial charge on any atom is -0.437 e. The van der Waals surface area contributed by atoms with Crippen molar-refractivity contribution in [2.24, 2.45) is 5.73 Å². The summed E-state index contributed by atoms with van der Waals surface area (Å²) in [5.41, 5.74) is 7.97. The van der Waals surface area contributed by atoms with E-state index in [0.29, 0.717) is 16.7 Å². The van der Waals surface area contributed by atoms with Gasteiger partial charge in [0.05, 0.1) is 12.7 Å². The van der Waals surface area contributed by atoms with E-state index in [4.69, 9.17) is 15.5 Å². The number of carbonyl (C=O) groups is 1. The predicted octanol–water partition coefficient (Wildman–Crippen LogP) is 3.14. The van der Waals surface area contributed by atoms with Crippen molar-refractivity contribution in [3.8, 4) is 11.6 Å². The van der Waals surface area contributed by atoms with Gasteiger partial charge < -0.3 is 30.5 Å². The van der Waals surface area contributed by atoms with Crippen molar-refractivity contribution >= 4 is 34.7 Å². The van der Waals surface area contributed by atoms with Crippen molar-refractivity contribution in [3.05, 3.63) is 54.7 Å². The van der Waals surface area contributed by atoms with Crippen molar-refractivity contribution in [1.82, 2.24) is 14.9 Å². The molecule has 35 heavy (non-hydrogen) atoms. The second-order valence-electron chi connectivity index (χ2n) is 8.51. The zero-order chi connectivity index (χ0) is 24.8. The van der Waals surface area contributed by atoms with Crippen LogP contribution in [0, 0.1) is 0 Å². The standard InChI is InChI=1S/C25H31N7O2S/c1-30(2)19-13-18(28-23(33)16-26)14-21(15-19)35-25-27-17-22(32-11-9-31(3)10-12-32)24(29-25)34-20-7-5-4-6-8-20/h4-8,13-15,17H,9-12,16,26H2,1-3H3,(H,28,33). The van der Waals surface area contributed by atoms with Crippen molar-refractivity contribution < 1.29 is 9.53 Å². The van der Waals surface area contributed by atoms with Crippen LogP contribution in [0.3, 0.4) is 0 Å². The first-order valence-electron chi connectivity index (χ1n) is 11.4. The van der Waals surface area contributed by atoms with Gasteiger partial charge in [-0.2, -0.15) is 4.98 Å². The van der Waals surface area contributed by atoms with Crippen LogP contribution in [-0.4, -0.2) is 74.6 Å². The zero-order valence-corrected chi connectivity index (χ0v) is 21.1. The average molecular weight is 494 g/mol. The number of hydrogen-bond donors (Lipinski definition) is 2. The third kappa shape index (κ3) is 6.62. The fourth-order valence-corrected chi connectivity index (χ4v) is 4.43. The Bertz CT molecular complexity index is 1150. The van der Waals surface area contributed by atoms with Crippen LogP contribution in [0.1, 0.15) is 0 Å². The molecule has 0 aliphatic carbocycles. The Morgan fingerprint density at radius 2 is 1.89 bits per heavy atom. The number of aromatic nitrogens is 2. The van der Waals surface area contributed by atoms with Crippen LogP contribution in [0.15, 0.2) is 64.8 Å². The maximum atomic E-state index is 11.9. The fourth-order valence-electron chi connectivity index (χ4n) is 3.62. The van der Waals surface area contributed by atoms with Crippen molar-refractivity contribution in [2.75, 3.05) is 69.0 Å². The third-order valence-electron chi connectivity index (χ3n) is 5.60. The van der Waals surface area contributed by atoms with E-state index in [1.807, 2.05) is 73.7 Å². The minimum absolute atomic E-state index is 0.0777. The summed E-state index contributed by atoms with van der Waals surface area (Å²) in [5, 5.41) is 3.39. The molecular formula is C25H31N7O2S. The highest BCUT2D eigenvalue weighted by Gasteiger charge is 2.21. The van der Waals surface area contributed by atoms with Gasteiger partial charge in [-0.15, -0.1) is 0 Å².